The fraction of sp³-hybridized carbons (Fsp3) is 0.500. The average molecular weight is 352 g/mol. The molecule has 1 unspecified atom stereocenters. The molecule has 0 bridgehead atoms. The van der Waals surface area contributed by atoms with Crippen LogP contribution in [0.3, 0.4) is 0 Å². The van der Waals surface area contributed by atoms with Gasteiger partial charge in [0.05, 0.1) is 10.5 Å². The lowest BCUT2D eigenvalue weighted by Crippen LogP contribution is -2.25. The maximum absolute atomic E-state index is 5.95. The minimum Gasteiger partial charge on any atom is -0.398 e. The smallest absolute Gasteiger partial charge is 0.183 e. The van der Waals surface area contributed by atoms with Crippen LogP contribution in [0.15, 0.2) is 22.7 Å². The Balaban J connectivity index is 1.95. The van der Waals surface area contributed by atoms with Gasteiger partial charge in [0, 0.05) is 24.5 Å². The van der Waals surface area contributed by atoms with Crippen molar-refractivity contribution < 1.29 is 4.74 Å². The Hall–Kier alpha value is -1.47. The van der Waals surface area contributed by atoms with Crippen LogP contribution in [0.4, 0.5) is 5.69 Å². The lowest BCUT2D eigenvalue weighted by atomic mass is 9.93. The Kier molecular flexibility index (Phi) is 4.21. The molecule has 2 N–H and O–H groups in total. The number of rotatable bonds is 3. The molecule has 0 radical (unpaired) electrons. The normalized spacial score (nSPS) is 17.8. The molecular weight excluding hydrogens is 334 g/mol. The van der Waals surface area contributed by atoms with E-state index in [0.717, 1.165) is 41.9 Å². The second kappa shape index (κ2) is 6.11. The minimum atomic E-state index is 0.229. The highest BCUT2D eigenvalue weighted by Crippen LogP contribution is 2.34. The Morgan fingerprint density at radius 3 is 2.90 bits per heavy atom. The van der Waals surface area contributed by atoms with Crippen molar-refractivity contribution in [2.45, 2.75) is 25.8 Å². The van der Waals surface area contributed by atoms with E-state index in [2.05, 4.69) is 38.4 Å². The van der Waals surface area contributed by atoms with Gasteiger partial charge in [-0.3, -0.25) is 0 Å². The van der Waals surface area contributed by atoms with Crippen molar-refractivity contribution in [1.29, 1.82) is 0 Å². The first-order chi connectivity index (χ1) is 10.2. The second-order valence-electron chi connectivity index (χ2n) is 5.35. The summed E-state index contributed by atoms with van der Waals surface area (Å²) >= 11 is 3.53. The van der Waals surface area contributed by atoms with Crippen LogP contribution in [0.1, 0.15) is 25.8 Å². The molecule has 0 spiro atoms. The fourth-order valence-electron chi connectivity index (χ4n) is 2.77. The Labute approximate surface area is 131 Å². The summed E-state index contributed by atoms with van der Waals surface area (Å²) in [4.78, 5) is 0. The third-order valence-corrected chi connectivity index (χ3v) is 4.98. The van der Waals surface area contributed by atoms with Gasteiger partial charge in [0.1, 0.15) is 0 Å². The van der Waals surface area contributed by atoms with Crippen molar-refractivity contribution in [2.75, 3.05) is 18.9 Å². The van der Waals surface area contributed by atoms with Crippen LogP contribution >= 0.6 is 15.9 Å². The molecule has 1 aliphatic heterocycles. The molecule has 1 atom stereocenters. The molecule has 6 nitrogen and oxygen atoms in total. The number of hydrogen-bond donors (Lipinski definition) is 1. The van der Waals surface area contributed by atoms with Gasteiger partial charge in [-0.25, -0.2) is 4.68 Å². The van der Waals surface area contributed by atoms with Gasteiger partial charge < -0.3 is 10.5 Å². The van der Waals surface area contributed by atoms with Crippen molar-refractivity contribution in [3.63, 3.8) is 0 Å². The van der Waals surface area contributed by atoms with E-state index in [0.29, 0.717) is 11.6 Å². The highest BCUT2D eigenvalue weighted by molar-refractivity contribution is 9.10. The van der Waals surface area contributed by atoms with Crippen molar-refractivity contribution in [1.82, 2.24) is 20.2 Å². The number of ether oxygens (including phenoxy) is 1. The summed E-state index contributed by atoms with van der Waals surface area (Å²) in [5.74, 6) is 1.27. The van der Waals surface area contributed by atoms with Crippen LogP contribution in [-0.4, -0.2) is 33.4 Å². The number of benzene rings is 1. The number of nitrogens with two attached hydrogens (primary N) is 1. The molecule has 1 aromatic heterocycles. The van der Waals surface area contributed by atoms with Crippen molar-refractivity contribution in [2.24, 2.45) is 5.92 Å². The molecule has 0 amide bonds. The lowest BCUT2D eigenvalue weighted by molar-refractivity contribution is 0.0495. The summed E-state index contributed by atoms with van der Waals surface area (Å²) < 4.78 is 8.16. The summed E-state index contributed by atoms with van der Waals surface area (Å²) in [6.45, 7) is 3.79. The maximum Gasteiger partial charge on any atom is 0.183 e. The first-order valence-corrected chi connectivity index (χ1v) is 7.87. The van der Waals surface area contributed by atoms with E-state index in [9.17, 15) is 0 Å². The molecule has 1 aromatic carbocycles. The van der Waals surface area contributed by atoms with E-state index < -0.39 is 0 Å². The largest absolute Gasteiger partial charge is 0.398 e. The minimum absolute atomic E-state index is 0.229. The third-order valence-electron chi connectivity index (χ3n) is 4.10. The van der Waals surface area contributed by atoms with Crippen molar-refractivity contribution in [3.8, 4) is 11.4 Å². The van der Waals surface area contributed by atoms with Gasteiger partial charge in [0.15, 0.2) is 5.82 Å². The van der Waals surface area contributed by atoms with Crippen LogP contribution in [-0.2, 0) is 4.74 Å². The summed E-state index contributed by atoms with van der Waals surface area (Å²) in [6, 6.07) is 5.96. The van der Waals surface area contributed by atoms with Gasteiger partial charge >= 0.3 is 0 Å². The summed E-state index contributed by atoms with van der Waals surface area (Å²) in [5, 5.41) is 12.2. The van der Waals surface area contributed by atoms with Gasteiger partial charge in [-0.2, -0.15) is 0 Å². The SMILES string of the molecule is CC(C1CCOCC1)n1nnnc1-c1cccc(N)c1Br. The highest BCUT2D eigenvalue weighted by Gasteiger charge is 2.26. The predicted octanol–water partition coefficient (Wildman–Crippen LogP) is 2.67. The number of halogens is 1. The second-order valence-corrected chi connectivity index (χ2v) is 6.14. The molecule has 1 aliphatic rings. The average Bonchev–Trinajstić information content (AvgIpc) is 2.99. The maximum atomic E-state index is 5.95. The van der Waals surface area contributed by atoms with Crippen LogP contribution in [0.2, 0.25) is 0 Å². The van der Waals surface area contributed by atoms with E-state index in [1.165, 1.54) is 0 Å². The summed E-state index contributed by atoms with van der Waals surface area (Å²) in [5.41, 5.74) is 7.55. The van der Waals surface area contributed by atoms with E-state index in [-0.39, 0.29) is 6.04 Å². The first kappa shape index (κ1) is 14.5. The lowest BCUT2D eigenvalue weighted by Gasteiger charge is -2.28. The Bertz CT molecular complexity index is 624. The monoisotopic (exact) mass is 351 g/mol. The van der Waals surface area contributed by atoms with Crippen LogP contribution in [0, 0.1) is 5.92 Å². The van der Waals surface area contributed by atoms with Crippen molar-refractivity contribution in [3.05, 3.63) is 22.7 Å². The van der Waals surface area contributed by atoms with Crippen LogP contribution in [0.25, 0.3) is 11.4 Å². The van der Waals surface area contributed by atoms with E-state index >= 15 is 0 Å². The molecular formula is C14H18BrN5O. The molecule has 7 heteroatoms. The zero-order chi connectivity index (χ0) is 14.8. The molecule has 2 aromatic rings. The van der Waals surface area contributed by atoms with Gasteiger partial charge in [-0.1, -0.05) is 6.07 Å². The molecule has 112 valence electrons. The molecule has 0 saturated carbocycles. The number of nitrogen functional groups attached to an aromatic ring is 1. The highest BCUT2D eigenvalue weighted by atomic mass is 79.9. The van der Waals surface area contributed by atoms with E-state index in [1.54, 1.807) is 0 Å². The molecule has 21 heavy (non-hydrogen) atoms. The number of nitrogens with zero attached hydrogens (tertiary/aromatic N) is 4. The fourth-order valence-corrected chi connectivity index (χ4v) is 3.21. The standard InChI is InChI=1S/C14H18BrN5O/c1-9(10-5-7-21-8-6-10)20-14(17-18-19-20)11-3-2-4-12(16)13(11)15/h2-4,9-10H,5-8,16H2,1H3. The number of tetrazole rings is 1. The Morgan fingerprint density at radius 2 is 2.14 bits per heavy atom. The van der Waals surface area contributed by atoms with Gasteiger partial charge in [0.25, 0.3) is 0 Å². The quantitative estimate of drug-likeness (QED) is 0.860. The van der Waals surface area contributed by atoms with Gasteiger partial charge in [-0.15, -0.1) is 5.10 Å². The van der Waals surface area contributed by atoms with E-state index in [1.807, 2.05) is 22.9 Å². The first-order valence-electron chi connectivity index (χ1n) is 7.08. The molecule has 2 heterocycles. The molecule has 0 aliphatic carbocycles. The zero-order valence-corrected chi connectivity index (χ0v) is 13.5. The molecule has 1 saturated heterocycles. The van der Waals surface area contributed by atoms with Crippen LogP contribution in [0.5, 0.6) is 0 Å². The molecule has 3 rings (SSSR count). The van der Waals surface area contributed by atoms with Gasteiger partial charge in [-0.05, 0) is 64.2 Å². The molecule has 1 fully saturated rings. The van der Waals surface area contributed by atoms with E-state index in [4.69, 9.17) is 10.5 Å². The van der Waals surface area contributed by atoms with Gasteiger partial charge in [0.2, 0.25) is 0 Å². The predicted molar refractivity (Wildman–Crippen MR) is 83.6 cm³/mol. The zero-order valence-electron chi connectivity index (χ0n) is 11.9. The topological polar surface area (TPSA) is 78.8 Å². The number of anilines is 1. The number of hydrogen-bond acceptors (Lipinski definition) is 5. The van der Waals surface area contributed by atoms with Crippen LogP contribution < -0.4 is 5.73 Å². The Morgan fingerprint density at radius 1 is 1.38 bits per heavy atom. The summed E-state index contributed by atoms with van der Waals surface area (Å²) in [6.07, 6.45) is 2.08. The third kappa shape index (κ3) is 2.80. The number of aromatic nitrogens is 4. The summed E-state index contributed by atoms with van der Waals surface area (Å²) in [7, 11) is 0. The van der Waals surface area contributed by atoms with Crippen molar-refractivity contribution >= 4 is 21.6 Å².